The number of nitrogens with one attached hydrogen (secondary N) is 1. The standard InChI is InChI=1S/C26H26N6O/c1-3-31(4-2)22-17-15-20(16-18-22)19-27-29-26(33)24-28-25(21-11-7-5-8-12-21)32(30-24)23-13-9-6-10-14-23/h5-19H,3-4H2,1-2H3,(H,29,33). The first kappa shape index (κ1) is 22.0. The summed E-state index contributed by atoms with van der Waals surface area (Å²) >= 11 is 0. The Bertz CT molecular complexity index is 1160. The zero-order valence-corrected chi connectivity index (χ0v) is 18.7. The molecule has 0 fully saturated rings. The lowest BCUT2D eigenvalue weighted by Gasteiger charge is -2.20. The predicted octanol–water partition coefficient (Wildman–Crippen LogP) is 4.54. The molecule has 166 valence electrons. The highest BCUT2D eigenvalue weighted by Gasteiger charge is 2.18. The molecule has 33 heavy (non-hydrogen) atoms. The number of rotatable bonds is 8. The molecule has 0 spiro atoms. The third-order valence-electron chi connectivity index (χ3n) is 5.24. The van der Waals surface area contributed by atoms with Crippen molar-refractivity contribution in [2.24, 2.45) is 5.10 Å². The summed E-state index contributed by atoms with van der Waals surface area (Å²) in [7, 11) is 0. The monoisotopic (exact) mass is 438 g/mol. The number of carbonyl (C=O) groups excluding carboxylic acids is 1. The van der Waals surface area contributed by atoms with E-state index in [1.165, 1.54) is 0 Å². The number of para-hydroxylation sites is 1. The largest absolute Gasteiger partial charge is 0.372 e. The van der Waals surface area contributed by atoms with Crippen molar-refractivity contribution in [3.8, 4) is 17.1 Å². The molecule has 1 amide bonds. The van der Waals surface area contributed by atoms with E-state index in [1.54, 1.807) is 10.9 Å². The summed E-state index contributed by atoms with van der Waals surface area (Å²) in [6.45, 7) is 6.16. The maximum atomic E-state index is 12.7. The fraction of sp³-hybridized carbons (Fsp3) is 0.154. The van der Waals surface area contributed by atoms with Gasteiger partial charge in [-0.1, -0.05) is 60.7 Å². The second-order valence-electron chi connectivity index (χ2n) is 7.34. The van der Waals surface area contributed by atoms with Gasteiger partial charge in [0.05, 0.1) is 11.9 Å². The average Bonchev–Trinajstić information content (AvgIpc) is 3.32. The second kappa shape index (κ2) is 10.4. The molecule has 7 nitrogen and oxygen atoms in total. The van der Waals surface area contributed by atoms with Gasteiger partial charge in [-0.05, 0) is 43.7 Å². The van der Waals surface area contributed by atoms with Gasteiger partial charge < -0.3 is 4.90 Å². The minimum absolute atomic E-state index is 0.0479. The molecule has 7 heteroatoms. The smallest absolute Gasteiger partial charge is 0.311 e. The highest BCUT2D eigenvalue weighted by Crippen LogP contribution is 2.21. The lowest BCUT2D eigenvalue weighted by atomic mass is 10.2. The van der Waals surface area contributed by atoms with Gasteiger partial charge >= 0.3 is 5.91 Å². The number of hydrogen-bond donors (Lipinski definition) is 1. The number of nitrogens with zero attached hydrogens (tertiary/aromatic N) is 5. The molecule has 0 aliphatic carbocycles. The minimum Gasteiger partial charge on any atom is -0.372 e. The van der Waals surface area contributed by atoms with Crippen molar-refractivity contribution in [3.63, 3.8) is 0 Å². The van der Waals surface area contributed by atoms with Crippen LogP contribution in [0, 0.1) is 0 Å². The van der Waals surface area contributed by atoms with Crippen LogP contribution in [0.4, 0.5) is 5.69 Å². The van der Waals surface area contributed by atoms with Crippen LogP contribution >= 0.6 is 0 Å². The van der Waals surface area contributed by atoms with Gasteiger partial charge in [0.15, 0.2) is 5.82 Å². The predicted molar refractivity (Wildman–Crippen MR) is 132 cm³/mol. The summed E-state index contributed by atoms with van der Waals surface area (Å²) in [6.07, 6.45) is 1.61. The topological polar surface area (TPSA) is 75.4 Å². The van der Waals surface area contributed by atoms with E-state index >= 15 is 0 Å². The van der Waals surface area contributed by atoms with Crippen molar-refractivity contribution in [3.05, 3.63) is 96.3 Å². The van der Waals surface area contributed by atoms with Crippen molar-refractivity contribution in [2.75, 3.05) is 18.0 Å². The summed E-state index contributed by atoms with van der Waals surface area (Å²) in [5, 5.41) is 8.54. The summed E-state index contributed by atoms with van der Waals surface area (Å²) in [4.78, 5) is 19.5. The number of anilines is 1. The molecule has 1 heterocycles. The van der Waals surface area contributed by atoms with Crippen molar-refractivity contribution >= 4 is 17.8 Å². The normalized spacial score (nSPS) is 11.0. The molecule has 0 aliphatic heterocycles. The number of aromatic nitrogens is 3. The van der Waals surface area contributed by atoms with E-state index in [2.05, 4.69) is 39.4 Å². The van der Waals surface area contributed by atoms with Crippen molar-refractivity contribution in [1.29, 1.82) is 0 Å². The molecule has 0 aliphatic rings. The van der Waals surface area contributed by atoms with E-state index in [0.29, 0.717) is 5.82 Å². The van der Waals surface area contributed by atoms with Crippen LogP contribution in [-0.2, 0) is 0 Å². The Kier molecular flexibility index (Phi) is 6.90. The Balaban J connectivity index is 1.52. The van der Waals surface area contributed by atoms with Gasteiger partial charge in [-0.15, -0.1) is 5.10 Å². The summed E-state index contributed by atoms with van der Waals surface area (Å²) in [5.41, 5.74) is 6.26. The van der Waals surface area contributed by atoms with Gasteiger partial charge in [-0.2, -0.15) is 5.10 Å². The Morgan fingerprint density at radius 2 is 1.58 bits per heavy atom. The molecule has 1 aromatic heterocycles. The molecule has 4 rings (SSSR count). The molecule has 1 N–H and O–H groups in total. The molecule has 0 saturated heterocycles. The molecule has 4 aromatic rings. The number of benzene rings is 3. The first-order valence-electron chi connectivity index (χ1n) is 11.0. The summed E-state index contributed by atoms with van der Waals surface area (Å²) in [6, 6.07) is 27.3. The first-order valence-corrected chi connectivity index (χ1v) is 11.0. The third kappa shape index (κ3) is 5.15. The molecule has 0 unspecified atom stereocenters. The van der Waals surface area contributed by atoms with Gasteiger partial charge in [0.1, 0.15) is 0 Å². The van der Waals surface area contributed by atoms with Crippen LogP contribution in [0.1, 0.15) is 30.0 Å². The molecule has 0 atom stereocenters. The van der Waals surface area contributed by atoms with Gasteiger partial charge in [0, 0.05) is 24.3 Å². The van der Waals surface area contributed by atoms with Gasteiger partial charge in [0.25, 0.3) is 0 Å². The van der Waals surface area contributed by atoms with Gasteiger partial charge in [-0.25, -0.2) is 15.1 Å². The molecule has 0 radical (unpaired) electrons. The SMILES string of the molecule is CCN(CC)c1ccc(C=NNC(=O)c2nc(-c3ccccc3)n(-c3ccccc3)n2)cc1. The zero-order valence-electron chi connectivity index (χ0n) is 18.7. The van der Waals surface area contributed by atoms with Crippen LogP contribution in [0.25, 0.3) is 17.1 Å². The molecule has 0 bridgehead atoms. The Morgan fingerprint density at radius 1 is 0.939 bits per heavy atom. The number of amides is 1. The Morgan fingerprint density at radius 3 is 2.21 bits per heavy atom. The van der Waals surface area contributed by atoms with Crippen LogP contribution in [0.15, 0.2) is 90.0 Å². The lowest BCUT2D eigenvalue weighted by Crippen LogP contribution is -2.21. The van der Waals surface area contributed by atoms with E-state index in [9.17, 15) is 4.79 Å². The zero-order chi connectivity index (χ0) is 23.0. The Hall–Kier alpha value is -4.26. The highest BCUT2D eigenvalue weighted by molar-refractivity contribution is 5.92. The van der Waals surface area contributed by atoms with Gasteiger partial charge in [-0.3, -0.25) is 4.79 Å². The minimum atomic E-state index is -0.474. The maximum absolute atomic E-state index is 12.7. The second-order valence-corrected chi connectivity index (χ2v) is 7.34. The van der Waals surface area contributed by atoms with Crippen LogP contribution in [-0.4, -0.2) is 40.0 Å². The number of carbonyl (C=O) groups is 1. The fourth-order valence-electron chi connectivity index (χ4n) is 3.51. The highest BCUT2D eigenvalue weighted by atomic mass is 16.2. The van der Waals surface area contributed by atoms with E-state index < -0.39 is 5.91 Å². The van der Waals surface area contributed by atoms with Crippen molar-refractivity contribution in [1.82, 2.24) is 20.2 Å². The maximum Gasteiger partial charge on any atom is 0.311 e. The first-order chi connectivity index (χ1) is 16.2. The molecular formula is C26H26N6O. The fourth-order valence-corrected chi connectivity index (χ4v) is 3.51. The van der Waals surface area contributed by atoms with Crippen LogP contribution in [0.3, 0.4) is 0 Å². The van der Waals surface area contributed by atoms with E-state index in [-0.39, 0.29) is 5.82 Å². The van der Waals surface area contributed by atoms with Crippen LogP contribution < -0.4 is 10.3 Å². The number of hydrogen-bond acceptors (Lipinski definition) is 5. The molecule has 3 aromatic carbocycles. The lowest BCUT2D eigenvalue weighted by molar-refractivity contribution is 0.0945. The summed E-state index contributed by atoms with van der Waals surface area (Å²) < 4.78 is 1.67. The van der Waals surface area contributed by atoms with Crippen LogP contribution in [0.5, 0.6) is 0 Å². The molecular weight excluding hydrogens is 412 g/mol. The van der Waals surface area contributed by atoms with Gasteiger partial charge in [0.2, 0.25) is 5.82 Å². The van der Waals surface area contributed by atoms with Crippen molar-refractivity contribution < 1.29 is 4.79 Å². The average molecular weight is 439 g/mol. The summed E-state index contributed by atoms with van der Waals surface area (Å²) in [5.74, 6) is 0.160. The Labute approximate surface area is 193 Å². The van der Waals surface area contributed by atoms with Crippen molar-refractivity contribution in [2.45, 2.75) is 13.8 Å². The van der Waals surface area contributed by atoms with E-state index in [1.807, 2.05) is 84.9 Å². The van der Waals surface area contributed by atoms with Crippen LogP contribution in [0.2, 0.25) is 0 Å². The number of hydrazone groups is 1. The quantitative estimate of drug-likeness (QED) is 0.324. The molecule has 0 saturated carbocycles. The van der Waals surface area contributed by atoms with E-state index in [0.717, 1.165) is 35.6 Å². The third-order valence-corrected chi connectivity index (χ3v) is 5.24. The van der Waals surface area contributed by atoms with E-state index in [4.69, 9.17) is 0 Å².